The highest BCUT2D eigenvalue weighted by Crippen LogP contribution is 2.31. The molecule has 0 atom stereocenters. The number of allylic oxidation sites excluding steroid dienone is 1. The van der Waals surface area contributed by atoms with E-state index >= 15 is 0 Å². The molecule has 37 heavy (non-hydrogen) atoms. The Morgan fingerprint density at radius 3 is 2.54 bits per heavy atom. The van der Waals surface area contributed by atoms with Crippen LogP contribution in [0.4, 0.5) is 10.1 Å². The number of carbonyl (C=O) groups excluding carboxylic acids is 2. The Bertz CT molecular complexity index is 1230. The molecule has 2 aliphatic rings. The Labute approximate surface area is 216 Å². The van der Waals surface area contributed by atoms with Crippen LogP contribution < -0.4 is 5.32 Å². The third-order valence-corrected chi connectivity index (χ3v) is 7.41. The van der Waals surface area contributed by atoms with Crippen LogP contribution in [0.5, 0.6) is 0 Å². The summed E-state index contributed by atoms with van der Waals surface area (Å²) in [4.78, 5) is 40.1. The van der Waals surface area contributed by atoms with E-state index in [0.29, 0.717) is 41.0 Å². The highest BCUT2D eigenvalue weighted by Gasteiger charge is 2.28. The topological polar surface area (TPSA) is 107 Å². The zero-order chi connectivity index (χ0) is 26.5. The van der Waals surface area contributed by atoms with Gasteiger partial charge in [-0.2, -0.15) is 0 Å². The molecule has 0 aromatic heterocycles. The number of carboxylic acid groups (broad SMARTS) is 1. The summed E-state index contributed by atoms with van der Waals surface area (Å²) in [7, 11) is 1.65. The maximum atomic E-state index is 14.1. The van der Waals surface area contributed by atoms with Crippen molar-refractivity contribution in [3.05, 3.63) is 69.5 Å². The van der Waals surface area contributed by atoms with E-state index in [1.54, 1.807) is 19.2 Å². The van der Waals surface area contributed by atoms with Gasteiger partial charge in [0.15, 0.2) is 11.6 Å². The van der Waals surface area contributed by atoms with Gasteiger partial charge < -0.3 is 15.5 Å². The first-order valence-electron chi connectivity index (χ1n) is 12.8. The molecule has 0 radical (unpaired) electrons. The molecule has 7 nitrogen and oxygen atoms in total. The molecule has 0 bridgehead atoms. The van der Waals surface area contributed by atoms with E-state index in [1.807, 2.05) is 0 Å². The minimum Gasteiger partial charge on any atom is -0.478 e. The fourth-order valence-electron chi connectivity index (χ4n) is 5.47. The van der Waals surface area contributed by atoms with E-state index in [4.69, 9.17) is 0 Å². The summed E-state index contributed by atoms with van der Waals surface area (Å²) >= 11 is 0. The lowest BCUT2D eigenvalue weighted by Crippen LogP contribution is -2.38. The lowest BCUT2D eigenvalue weighted by molar-refractivity contribution is -0.120. The smallest absolute Gasteiger partial charge is 0.335 e. The Morgan fingerprint density at radius 1 is 1.11 bits per heavy atom. The van der Waals surface area contributed by atoms with Gasteiger partial charge in [0, 0.05) is 44.7 Å². The lowest BCUT2D eigenvalue weighted by atomic mass is 9.86. The number of fused-ring (bicyclic) bond motifs is 1. The van der Waals surface area contributed by atoms with E-state index in [2.05, 4.69) is 10.2 Å². The zero-order valence-electron chi connectivity index (χ0n) is 21.1. The first-order chi connectivity index (χ1) is 17.8. The molecule has 1 fully saturated rings. The van der Waals surface area contributed by atoms with Crippen molar-refractivity contribution in [2.24, 2.45) is 0 Å². The summed E-state index contributed by atoms with van der Waals surface area (Å²) in [5.41, 5.74) is 3.15. The van der Waals surface area contributed by atoms with E-state index in [-0.39, 0.29) is 48.2 Å². The van der Waals surface area contributed by atoms with Gasteiger partial charge in [-0.1, -0.05) is 25.3 Å². The summed E-state index contributed by atoms with van der Waals surface area (Å²) in [6, 6.07) is 7.61. The maximum absolute atomic E-state index is 14.1. The monoisotopic (exact) mass is 508 g/mol. The van der Waals surface area contributed by atoms with Crippen molar-refractivity contribution in [2.75, 3.05) is 25.5 Å². The number of benzene rings is 2. The zero-order valence-corrected chi connectivity index (χ0v) is 21.1. The number of hydrogen-bond acceptors (Lipinski definition) is 6. The molecule has 8 heteroatoms. The van der Waals surface area contributed by atoms with Crippen LogP contribution in [0.25, 0.3) is 6.08 Å². The molecule has 0 saturated heterocycles. The van der Waals surface area contributed by atoms with Crippen LogP contribution in [0.1, 0.15) is 64.7 Å². The fourth-order valence-corrected chi connectivity index (χ4v) is 5.47. The van der Waals surface area contributed by atoms with E-state index < -0.39 is 11.8 Å². The normalized spacial score (nSPS) is 15.9. The Morgan fingerprint density at radius 2 is 1.86 bits per heavy atom. The second-order valence-electron chi connectivity index (χ2n) is 9.80. The molecular formula is C29H33FN2O5. The van der Waals surface area contributed by atoms with Crippen molar-refractivity contribution in [3.8, 4) is 0 Å². The summed E-state index contributed by atoms with van der Waals surface area (Å²) in [5, 5.41) is 22.1. The number of aromatic carboxylic acids is 1. The number of carbonyl (C=O) groups is 3. The van der Waals surface area contributed by atoms with Crippen LogP contribution in [-0.4, -0.2) is 58.9 Å². The number of carboxylic acids is 1. The highest BCUT2D eigenvalue weighted by molar-refractivity contribution is 6.25. The van der Waals surface area contributed by atoms with Gasteiger partial charge in [0.05, 0.1) is 17.7 Å². The number of anilines is 1. The van der Waals surface area contributed by atoms with Crippen molar-refractivity contribution in [1.82, 2.24) is 4.90 Å². The molecule has 0 unspecified atom stereocenters. The predicted octanol–water partition coefficient (Wildman–Crippen LogP) is 4.01. The predicted molar refractivity (Wildman–Crippen MR) is 139 cm³/mol. The molecule has 196 valence electrons. The number of ketones is 2. The molecule has 2 aromatic rings. The summed E-state index contributed by atoms with van der Waals surface area (Å²) in [6.07, 6.45) is 6.82. The van der Waals surface area contributed by atoms with Gasteiger partial charge in [0.25, 0.3) is 0 Å². The molecule has 2 aromatic carbocycles. The van der Waals surface area contributed by atoms with Gasteiger partial charge in [0.1, 0.15) is 5.82 Å². The average molecular weight is 509 g/mol. The lowest BCUT2D eigenvalue weighted by Gasteiger charge is -2.34. The molecule has 0 amide bonds. The molecule has 1 saturated carbocycles. The maximum Gasteiger partial charge on any atom is 0.335 e. The number of rotatable bonds is 10. The average Bonchev–Trinajstić information content (AvgIpc) is 2.89. The number of Topliss-reactive ketones (excluding diaryl/α,β-unsaturated/α-hetero) is 2. The van der Waals surface area contributed by atoms with E-state index in [1.165, 1.54) is 30.7 Å². The van der Waals surface area contributed by atoms with Crippen molar-refractivity contribution in [1.29, 1.82) is 0 Å². The quantitative estimate of drug-likeness (QED) is 0.416. The number of nitrogens with zero attached hydrogens (tertiary/aromatic N) is 1. The van der Waals surface area contributed by atoms with Crippen LogP contribution in [0.15, 0.2) is 35.9 Å². The molecule has 0 spiro atoms. The van der Waals surface area contributed by atoms with Crippen LogP contribution in [0.2, 0.25) is 0 Å². The Hall–Kier alpha value is -3.36. The number of aliphatic hydroxyl groups excluding tert-OH is 1. The highest BCUT2D eigenvalue weighted by atomic mass is 19.1. The minimum atomic E-state index is -1.06. The van der Waals surface area contributed by atoms with Gasteiger partial charge in [-0.3, -0.25) is 14.5 Å². The first kappa shape index (κ1) is 26.7. The molecule has 2 aliphatic carbocycles. The Kier molecular flexibility index (Phi) is 8.51. The third-order valence-electron chi connectivity index (χ3n) is 7.41. The van der Waals surface area contributed by atoms with Crippen molar-refractivity contribution < 1.29 is 29.0 Å². The van der Waals surface area contributed by atoms with Crippen molar-refractivity contribution >= 4 is 29.3 Å². The van der Waals surface area contributed by atoms with Gasteiger partial charge in [-0.15, -0.1) is 0 Å². The van der Waals surface area contributed by atoms with E-state index in [9.17, 15) is 29.0 Å². The van der Waals surface area contributed by atoms with Crippen LogP contribution in [-0.2, 0) is 29.0 Å². The molecular weight excluding hydrogens is 475 g/mol. The SMILES string of the molecule is CNc1cc(F)cc2c1CC(=O)C(C(=O)Cc1ccc(C(=O)O)cc1CN(CCO)C1CCCCC1)=C2. The number of nitrogens with one attached hydrogen (secondary N) is 1. The Balaban J connectivity index is 1.64. The van der Waals surface area contributed by atoms with E-state index in [0.717, 1.165) is 25.7 Å². The van der Waals surface area contributed by atoms with Gasteiger partial charge in [-0.25, -0.2) is 9.18 Å². The van der Waals surface area contributed by atoms with Crippen LogP contribution in [0, 0.1) is 5.82 Å². The number of aliphatic hydroxyl groups is 1. The fraction of sp³-hybridized carbons (Fsp3) is 0.414. The number of halogens is 1. The third kappa shape index (κ3) is 6.14. The second kappa shape index (κ2) is 11.8. The molecule has 3 N–H and O–H groups in total. The standard InChI is InChI=1S/C29H33FN2O5/c1-31-26-15-22(30)12-20-13-25(28(35)16-24(20)26)27(34)14-18-7-8-19(29(36)37)11-21(18)17-32(9-10-33)23-5-3-2-4-6-23/h7-8,11-13,15,23,31,33H,2-6,9-10,14,16-17H2,1H3,(H,36,37). The van der Waals surface area contributed by atoms with Crippen molar-refractivity contribution in [2.45, 2.75) is 57.5 Å². The summed E-state index contributed by atoms with van der Waals surface area (Å²) in [5.74, 6) is -2.23. The largest absolute Gasteiger partial charge is 0.478 e. The molecule has 0 heterocycles. The van der Waals surface area contributed by atoms with Crippen LogP contribution >= 0.6 is 0 Å². The van der Waals surface area contributed by atoms with Crippen molar-refractivity contribution in [3.63, 3.8) is 0 Å². The van der Waals surface area contributed by atoms with Gasteiger partial charge >= 0.3 is 5.97 Å². The van der Waals surface area contributed by atoms with Gasteiger partial charge in [0.2, 0.25) is 0 Å². The summed E-state index contributed by atoms with van der Waals surface area (Å²) in [6.45, 7) is 0.839. The molecule has 4 rings (SSSR count). The molecule has 0 aliphatic heterocycles. The first-order valence-corrected chi connectivity index (χ1v) is 12.8. The second-order valence-corrected chi connectivity index (χ2v) is 9.80. The summed E-state index contributed by atoms with van der Waals surface area (Å²) < 4.78 is 14.1. The minimum absolute atomic E-state index is 0.000126. The van der Waals surface area contributed by atoms with Gasteiger partial charge in [-0.05, 0) is 65.4 Å². The number of hydrogen-bond donors (Lipinski definition) is 3. The van der Waals surface area contributed by atoms with Crippen LogP contribution in [0.3, 0.4) is 0 Å².